The van der Waals surface area contributed by atoms with Gasteiger partial charge in [0, 0.05) is 22.2 Å². The van der Waals surface area contributed by atoms with Crippen molar-refractivity contribution in [2.75, 3.05) is 6.61 Å². The van der Waals surface area contributed by atoms with Crippen LogP contribution in [0.4, 0.5) is 0 Å². The first-order valence-electron chi connectivity index (χ1n) is 9.36. The number of rotatable bonds is 6. The highest BCUT2D eigenvalue weighted by Gasteiger charge is 2.13. The van der Waals surface area contributed by atoms with Crippen molar-refractivity contribution in [3.63, 3.8) is 0 Å². The van der Waals surface area contributed by atoms with Crippen molar-refractivity contribution in [3.05, 3.63) is 91.6 Å². The van der Waals surface area contributed by atoms with E-state index in [0.717, 1.165) is 10.0 Å². The number of ether oxygens (including phenoxy) is 1. The third-order valence-corrected chi connectivity index (χ3v) is 5.75. The van der Waals surface area contributed by atoms with Gasteiger partial charge in [0.2, 0.25) is 0 Å². The van der Waals surface area contributed by atoms with Crippen LogP contribution in [-0.2, 0) is 6.54 Å². The van der Waals surface area contributed by atoms with E-state index < -0.39 is 0 Å². The number of halogens is 3. The van der Waals surface area contributed by atoms with Crippen LogP contribution in [0.1, 0.15) is 6.42 Å². The summed E-state index contributed by atoms with van der Waals surface area (Å²) in [5.41, 5.74) is 1.44. The Kier molecular flexibility index (Phi) is 6.42. The van der Waals surface area contributed by atoms with Gasteiger partial charge in [-0.15, -0.1) is 0 Å². The lowest BCUT2D eigenvalue weighted by molar-refractivity contribution is 0.299. The highest BCUT2D eigenvalue weighted by molar-refractivity contribution is 9.10. The van der Waals surface area contributed by atoms with Gasteiger partial charge in [-0.2, -0.15) is 0 Å². The average Bonchev–Trinajstić information content (AvgIpc) is 2.74. The van der Waals surface area contributed by atoms with Crippen LogP contribution in [0.5, 0.6) is 5.75 Å². The van der Waals surface area contributed by atoms with E-state index >= 15 is 0 Å². The van der Waals surface area contributed by atoms with E-state index in [1.165, 1.54) is 0 Å². The first-order valence-corrected chi connectivity index (χ1v) is 10.9. The number of benzene rings is 3. The summed E-state index contributed by atoms with van der Waals surface area (Å²) < 4.78 is 8.34. The van der Waals surface area contributed by atoms with Gasteiger partial charge in [0.15, 0.2) is 0 Å². The third-order valence-electron chi connectivity index (χ3n) is 4.64. The lowest BCUT2D eigenvalue weighted by Gasteiger charge is -2.14. The topological polar surface area (TPSA) is 44.1 Å². The van der Waals surface area contributed by atoms with Crippen LogP contribution in [-0.4, -0.2) is 16.2 Å². The van der Waals surface area contributed by atoms with Gasteiger partial charge in [-0.3, -0.25) is 9.36 Å². The average molecular weight is 504 g/mol. The summed E-state index contributed by atoms with van der Waals surface area (Å²) in [5.74, 6) is 1.32. The molecule has 4 aromatic rings. The molecule has 30 heavy (non-hydrogen) atoms. The van der Waals surface area contributed by atoms with Crippen LogP contribution >= 0.6 is 39.1 Å². The lowest BCUT2D eigenvalue weighted by Crippen LogP contribution is -2.24. The summed E-state index contributed by atoms with van der Waals surface area (Å²) in [6.07, 6.45) is 0.635. The van der Waals surface area contributed by atoms with Crippen LogP contribution < -0.4 is 10.3 Å². The zero-order valence-electron chi connectivity index (χ0n) is 15.8. The van der Waals surface area contributed by atoms with Crippen molar-refractivity contribution >= 4 is 50.0 Å². The maximum absolute atomic E-state index is 13.2. The van der Waals surface area contributed by atoms with Gasteiger partial charge < -0.3 is 4.74 Å². The molecule has 0 N–H and O–H groups in total. The van der Waals surface area contributed by atoms with Crippen molar-refractivity contribution in [2.45, 2.75) is 13.0 Å². The van der Waals surface area contributed by atoms with Crippen LogP contribution in [0.15, 0.2) is 76.0 Å². The summed E-state index contributed by atoms with van der Waals surface area (Å²) >= 11 is 15.4. The fraction of sp³-hybridized carbons (Fsp3) is 0.130. The Labute approximate surface area is 192 Å². The molecule has 0 spiro atoms. The second-order valence-electron chi connectivity index (χ2n) is 6.69. The summed E-state index contributed by atoms with van der Waals surface area (Å²) in [6.45, 7) is 0.916. The van der Waals surface area contributed by atoms with Crippen LogP contribution in [0, 0.1) is 0 Å². The Morgan fingerprint density at radius 1 is 0.967 bits per heavy atom. The number of aromatic nitrogens is 2. The monoisotopic (exact) mass is 502 g/mol. The van der Waals surface area contributed by atoms with Crippen LogP contribution in [0.25, 0.3) is 22.3 Å². The first-order chi connectivity index (χ1) is 14.5. The zero-order chi connectivity index (χ0) is 21.1. The molecular formula is C23H17BrCl2N2O2. The number of hydrogen-bond acceptors (Lipinski definition) is 3. The number of nitrogens with zero attached hydrogens (tertiary/aromatic N) is 2. The molecule has 0 aliphatic rings. The Hall–Kier alpha value is -2.34. The fourth-order valence-corrected chi connectivity index (χ4v) is 4.11. The molecule has 0 amide bonds. The molecule has 0 fully saturated rings. The normalized spacial score (nSPS) is 11.0. The van der Waals surface area contributed by atoms with Crippen LogP contribution in [0.3, 0.4) is 0 Å². The van der Waals surface area contributed by atoms with E-state index in [4.69, 9.17) is 32.9 Å². The van der Waals surface area contributed by atoms with Gasteiger partial charge in [-0.1, -0.05) is 35.3 Å². The van der Waals surface area contributed by atoms with Gasteiger partial charge in [0.25, 0.3) is 5.56 Å². The first kappa shape index (κ1) is 20.9. The fourth-order valence-electron chi connectivity index (χ4n) is 3.19. The predicted octanol–water partition coefficient (Wildman–Crippen LogP) is 6.60. The molecule has 1 heterocycles. The van der Waals surface area contributed by atoms with E-state index in [-0.39, 0.29) is 5.56 Å². The second-order valence-corrected chi connectivity index (χ2v) is 8.42. The highest BCUT2D eigenvalue weighted by Crippen LogP contribution is 2.28. The van der Waals surface area contributed by atoms with E-state index in [1.54, 1.807) is 34.9 Å². The minimum Gasteiger partial charge on any atom is -0.492 e. The smallest absolute Gasteiger partial charge is 0.261 e. The van der Waals surface area contributed by atoms with Crippen molar-refractivity contribution < 1.29 is 4.74 Å². The summed E-state index contributed by atoms with van der Waals surface area (Å²) in [5, 5.41) is 1.86. The molecule has 0 radical (unpaired) electrons. The highest BCUT2D eigenvalue weighted by atomic mass is 79.9. The van der Waals surface area contributed by atoms with Crippen molar-refractivity contribution in [1.82, 2.24) is 9.55 Å². The van der Waals surface area contributed by atoms with Gasteiger partial charge in [0.1, 0.15) is 11.6 Å². The Morgan fingerprint density at radius 3 is 2.47 bits per heavy atom. The summed E-state index contributed by atoms with van der Waals surface area (Å²) in [7, 11) is 0. The largest absolute Gasteiger partial charge is 0.492 e. The minimum atomic E-state index is -0.0711. The second kappa shape index (κ2) is 9.21. The van der Waals surface area contributed by atoms with Crippen LogP contribution in [0.2, 0.25) is 10.0 Å². The van der Waals surface area contributed by atoms with E-state index in [2.05, 4.69) is 15.9 Å². The van der Waals surface area contributed by atoms with Crippen molar-refractivity contribution in [3.8, 4) is 17.1 Å². The van der Waals surface area contributed by atoms with E-state index in [9.17, 15) is 4.79 Å². The molecule has 0 saturated carbocycles. The number of fused-ring (bicyclic) bond motifs is 1. The molecule has 0 aliphatic heterocycles. The predicted molar refractivity (Wildman–Crippen MR) is 126 cm³/mol. The molecule has 7 heteroatoms. The molecule has 0 unspecified atom stereocenters. The maximum Gasteiger partial charge on any atom is 0.261 e. The summed E-state index contributed by atoms with van der Waals surface area (Å²) in [4.78, 5) is 17.9. The third kappa shape index (κ3) is 4.53. The molecule has 0 aliphatic carbocycles. The molecule has 152 valence electrons. The van der Waals surface area contributed by atoms with Gasteiger partial charge >= 0.3 is 0 Å². The Bertz CT molecular complexity index is 1260. The van der Waals surface area contributed by atoms with Crippen molar-refractivity contribution in [1.29, 1.82) is 0 Å². The summed E-state index contributed by atoms with van der Waals surface area (Å²) in [6, 6.07) is 20.1. The van der Waals surface area contributed by atoms with Gasteiger partial charge in [-0.05, 0) is 76.9 Å². The molecule has 4 nitrogen and oxygen atoms in total. The lowest BCUT2D eigenvalue weighted by atomic mass is 10.1. The van der Waals surface area contributed by atoms with Gasteiger partial charge in [0.05, 0.1) is 22.0 Å². The molecule has 0 bridgehead atoms. The SMILES string of the molecule is O=c1c2ccccc2nc(-c2ccc(Cl)cc2)n1CCCOc1ccc(Cl)cc1Br. The van der Waals surface area contributed by atoms with Gasteiger partial charge in [-0.25, -0.2) is 4.98 Å². The van der Waals surface area contributed by atoms with E-state index in [0.29, 0.717) is 52.1 Å². The molecular weight excluding hydrogens is 487 g/mol. The Balaban J connectivity index is 1.61. The molecule has 0 saturated heterocycles. The van der Waals surface area contributed by atoms with E-state index in [1.807, 2.05) is 36.4 Å². The molecule has 4 rings (SSSR count). The standard InChI is InChI=1S/C23H17BrCl2N2O2/c24-19-14-17(26)10-11-21(19)30-13-3-12-28-22(15-6-8-16(25)9-7-15)27-20-5-2-1-4-18(20)23(28)29/h1-2,4-11,14H,3,12-13H2. The zero-order valence-corrected chi connectivity index (χ0v) is 18.9. The number of para-hydroxylation sites is 1. The number of hydrogen-bond donors (Lipinski definition) is 0. The minimum absolute atomic E-state index is 0.0711. The quantitative estimate of drug-likeness (QED) is 0.278. The molecule has 3 aromatic carbocycles. The van der Waals surface area contributed by atoms with Crippen molar-refractivity contribution in [2.24, 2.45) is 0 Å². The molecule has 1 aromatic heterocycles. The molecule has 0 atom stereocenters. The Morgan fingerprint density at radius 2 is 1.70 bits per heavy atom. The maximum atomic E-state index is 13.2.